The number of hydrogen-bond acceptors (Lipinski definition) is 6. The van der Waals surface area contributed by atoms with Crippen molar-refractivity contribution in [2.75, 3.05) is 0 Å². The van der Waals surface area contributed by atoms with Gasteiger partial charge in [-0.2, -0.15) is 0 Å². The SMILES string of the molecule is CC1=CC2=C(C(F)=C(C)C/C2=C(\C)NSN)C2NSN=C12. The molecule has 21 heavy (non-hydrogen) atoms. The molecule has 0 saturated heterocycles. The van der Waals surface area contributed by atoms with E-state index in [1.807, 2.05) is 26.8 Å². The first-order chi connectivity index (χ1) is 10.0. The van der Waals surface area contributed by atoms with Gasteiger partial charge in [0.05, 0.1) is 23.9 Å². The van der Waals surface area contributed by atoms with Gasteiger partial charge in [0.2, 0.25) is 0 Å². The minimum Gasteiger partial charge on any atom is -0.321 e. The summed E-state index contributed by atoms with van der Waals surface area (Å²) in [5.41, 5.74) is 6.46. The van der Waals surface area contributed by atoms with E-state index in [4.69, 9.17) is 5.14 Å². The van der Waals surface area contributed by atoms with Crippen molar-refractivity contribution >= 4 is 30.0 Å². The Kier molecular flexibility index (Phi) is 4.00. The van der Waals surface area contributed by atoms with Crippen LogP contribution in [0.3, 0.4) is 0 Å². The van der Waals surface area contributed by atoms with Gasteiger partial charge in [-0.3, -0.25) is 5.14 Å². The summed E-state index contributed by atoms with van der Waals surface area (Å²) in [6, 6.07) is -0.168. The normalized spacial score (nSPS) is 27.2. The fourth-order valence-corrected chi connectivity index (χ4v) is 3.94. The second kappa shape index (κ2) is 5.64. The Balaban J connectivity index is 2.20. The molecule has 1 aliphatic heterocycles. The second-order valence-corrected chi connectivity index (χ2v) is 6.41. The van der Waals surface area contributed by atoms with E-state index in [0.29, 0.717) is 12.0 Å². The molecule has 1 unspecified atom stereocenters. The van der Waals surface area contributed by atoms with Crippen molar-refractivity contribution in [3.8, 4) is 0 Å². The van der Waals surface area contributed by atoms with E-state index in [1.54, 1.807) is 0 Å². The minimum atomic E-state index is -0.168. The second-order valence-electron chi connectivity index (χ2n) is 5.37. The van der Waals surface area contributed by atoms with Crippen molar-refractivity contribution in [1.82, 2.24) is 9.44 Å². The summed E-state index contributed by atoms with van der Waals surface area (Å²) in [5.74, 6) is -0.113. The fourth-order valence-electron chi connectivity index (χ4n) is 2.90. The molecule has 0 bridgehead atoms. The molecule has 7 heteroatoms. The summed E-state index contributed by atoms with van der Waals surface area (Å²) in [6.07, 6.45) is 2.63. The van der Waals surface area contributed by atoms with Crippen LogP contribution in [0.2, 0.25) is 0 Å². The standard InChI is InChI=1S/C14H17FN4S2/c1-6-4-9(8(3)17-20-16)10-5-7(2)13-14(19-21-18-13)11(10)12(6)15/h5,14,17,19H,4,16H2,1-3H3/b9-8-. The molecule has 0 aromatic rings. The Labute approximate surface area is 132 Å². The van der Waals surface area contributed by atoms with Crippen molar-refractivity contribution in [2.24, 2.45) is 9.54 Å². The van der Waals surface area contributed by atoms with Crippen LogP contribution in [0.4, 0.5) is 4.39 Å². The zero-order chi connectivity index (χ0) is 15.1. The number of nitrogens with two attached hydrogens (primary N) is 1. The molecule has 0 spiro atoms. The van der Waals surface area contributed by atoms with Crippen LogP contribution in [0.5, 0.6) is 0 Å². The molecule has 4 N–H and O–H groups in total. The predicted octanol–water partition coefficient (Wildman–Crippen LogP) is 3.25. The highest BCUT2D eigenvalue weighted by molar-refractivity contribution is 7.96. The van der Waals surface area contributed by atoms with Crippen LogP contribution in [0.25, 0.3) is 0 Å². The van der Waals surface area contributed by atoms with Gasteiger partial charge in [0.1, 0.15) is 5.83 Å². The van der Waals surface area contributed by atoms with Crippen LogP contribution in [0.1, 0.15) is 27.2 Å². The van der Waals surface area contributed by atoms with Gasteiger partial charge < -0.3 is 4.72 Å². The van der Waals surface area contributed by atoms with Crippen molar-refractivity contribution < 1.29 is 4.39 Å². The summed E-state index contributed by atoms with van der Waals surface area (Å²) in [5, 5.41) is 5.50. The Morgan fingerprint density at radius 1 is 1.57 bits per heavy atom. The van der Waals surface area contributed by atoms with Crippen LogP contribution in [-0.2, 0) is 0 Å². The highest BCUT2D eigenvalue weighted by Gasteiger charge is 2.37. The summed E-state index contributed by atoms with van der Waals surface area (Å²) >= 11 is 2.34. The lowest BCUT2D eigenvalue weighted by Crippen LogP contribution is -2.35. The molecule has 0 saturated carbocycles. The third kappa shape index (κ3) is 2.38. The molecule has 0 aromatic carbocycles. The molecular weight excluding hydrogens is 307 g/mol. The average Bonchev–Trinajstić information content (AvgIpc) is 2.93. The summed E-state index contributed by atoms with van der Waals surface area (Å²) in [7, 11) is 0. The first-order valence-electron chi connectivity index (χ1n) is 6.64. The van der Waals surface area contributed by atoms with Crippen molar-refractivity contribution in [2.45, 2.75) is 33.2 Å². The van der Waals surface area contributed by atoms with Crippen LogP contribution >= 0.6 is 24.3 Å². The zero-order valence-corrected chi connectivity index (χ0v) is 13.7. The molecule has 0 fully saturated rings. The van der Waals surface area contributed by atoms with Gasteiger partial charge >= 0.3 is 0 Å². The van der Waals surface area contributed by atoms with Crippen LogP contribution in [0.15, 0.2) is 49.9 Å². The van der Waals surface area contributed by atoms with E-state index in [1.165, 1.54) is 12.1 Å². The van der Waals surface area contributed by atoms with Gasteiger partial charge in [0, 0.05) is 23.4 Å². The lowest BCUT2D eigenvalue weighted by Gasteiger charge is -2.31. The highest BCUT2D eigenvalue weighted by atomic mass is 32.2. The minimum absolute atomic E-state index is 0.113. The van der Waals surface area contributed by atoms with Crippen molar-refractivity contribution in [1.29, 1.82) is 0 Å². The number of nitrogens with one attached hydrogen (secondary N) is 2. The molecule has 3 rings (SSSR count). The van der Waals surface area contributed by atoms with E-state index in [2.05, 4.69) is 13.8 Å². The van der Waals surface area contributed by atoms with E-state index < -0.39 is 0 Å². The molecule has 3 aliphatic rings. The third-order valence-electron chi connectivity index (χ3n) is 3.97. The van der Waals surface area contributed by atoms with Gasteiger partial charge in [-0.15, -0.1) is 0 Å². The van der Waals surface area contributed by atoms with E-state index in [9.17, 15) is 4.39 Å². The van der Waals surface area contributed by atoms with Crippen LogP contribution in [-0.4, -0.2) is 11.8 Å². The summed E-state index contributed by atoms with van der Waals surface area (Å²) < 4.78 is 25.4. The van der Waals surface area contributed by atoms with Gasteiger partial charge in [-0.1, -0.05) is 0 Å². The highest BCUT2D eigenvalue weighted by Crippen LogP contribution is 2.43. The number of halogens is 1. The smallest absolute Gasteiger partial charge is 0.128 e. The van der Waals surface area contributed by atoms with Gasteiger partial charge in [-0.25, -0.2) is 13.5 Å². The van der Waals surface area contributed by atoms with Crippen LogP contribution < -0.4 is 14.6 Å². The van der Waals surface area contributed by atoms with E-state index in [-0.39, 0.29) is 11.9 Å². The number of allylic oxidation sites excluding steroid dienone is 5. The summed E-state index contributed by atoms with van der Waals surface area (Å²) in [6.45, 7) is 5.83. The molecule has 112 valence electrons. The molecule has 0 aromatic heterocycles. The molecular formula is C14H17FN4S2. The third-order valence-corrected chi connectivity index (χ3v) is 5.03. The lowest BCUT2D eigenvalue weighted by molar-refractivity contribution is 0.609. The van der Waals surface area contributed by atoms with Crippen molar-refractivity contribution in [3.05, 3.63) is 45.5 Å². The first kappa shape index (κ1) is 14.9. The quantitative estimate of drug-likeness (QED) is 0.681. The fraction of sp³-hybridized carbons (Fsp3) is 0.357. The maximum absolute atomic E-state index is 14.7. The average molecular weight is 324 g/mol. The molecule has 1 atom stereocenters. The van der Waals surface area contributed by atoms with E-state index >= 15 is 0 Å². The van der Waals surface area contributed by atoms with E-state index in [0.717, 1.165) is 45.8 Å². The molecule has 2 aliphatic carbocycles. The number of fused-ring (bicyclic) bond motifs is 2. The lowest BCUT2D eigenvalue weighted by atomic mass is 9.77. The van der Waals surface area contributed by atoms with Crippen LogP contribution in [0, 0.1) is 0 Å². The Bertz CT molecular complexity index is 658. The molecule has 1 heterocycles. The van der Waals surface area contributed by atoms with Gasteiger partial charge in [0.15, 0.2) is 0 Å². The molecule has 0 amide bonds. The largest absolute Gasteiger partial charge is 0.321 e. The summed E-state index contributed by atoms with van der Waals surface area (Å²) in [4.78, 5) is 0. The monoisotopic (exact) mass is 324 g/mol. The van der Waals surface area contributed by atoms with Gasteiger partial charge in [-0.05, 0) is 55.6 Å². The maximum Gasteiger partial charge on any atom is 0.128 e. The number of nitrogens with zero attached hydrogens (tertiary/aromatic N) is 1. The first-order valence-corrected chi connectivity index (χ1v) is 8.29. The predicted molar refractivity (Wildman–Crippen MR) is 88.8 cm³/mol. The topological polar surface area (TPSA) is 62.4 Å². The maximum atomic E-state index is 14.7. The number of rotatable bonds is 2. The molecule has 4 nitrogen and oxygen atoms in total. The van der Waals surface area contributed by atoms with Crippen molar-refractivity contribution in [3.63, 3.8) is 0 Å². The van der Waals surface area contributed by atoms with Gasteiger partial charge in [0.25, 0.3) is 0 Å². The molecule has 0 radical (unpaired) electrons. The Morgan fingerprint density at radius 2 is 2.33 bits per heavy atom. The number of hydrogen-bond donors (Lipinski definition) is 3. The Morgan fingerprint density at radius 3 is 3.05 bits per heavy atom. The Hall–Kier alpha value is -1.02. The zero-order valence-electron chi connectivity index (χ0n) is 12.1.